The Labute approximate surface area is 129 Å². The second-order valence-corrected chi connectivity index (χ2v) is 6.80. The van der Waals surface area contributed by atoms with Crippen molar-refractivity contribution in [3.63, 3.8) is 0 Å². The Bertz CT molecular complexity index is 460. The number of hydrogen-bond donors (Lipinski definition) is 1. The lowest BCUT2D eigenvalue weighted by Crippen LogP contribution is -2.54. The van der Waals surface area contributed by atoms with E-state index in [2.05, 4.69) is 41.0 Å². The molecule has 3 heteroatoms. The van der Waals surface area contributed by atoms with Crippen molar-refractivity contribution in [2.24, 2.45) is 5.73 Å². The molecular weight excluding hydrogens is 258 g/mol. The van der Waals surface area contributed by atoms with E-state index in [-0.39, 0.29) is 6.04 Å². The fraction of sp³-hybridized carbons (Fsp3) is 0.667. The average molecular weight is 287 g/mol. The maximum Gasteiger partial charge on any atom is 0.0307 e. The van der Waals surface area contributed by atoms with Gasteiger partial charge in [-0.05, 0) is 38.3 Å². The van der Waals surface area contributed by atoms with Gasteiger partial charge in [0.25, 0.3) is 0 Å². The molecule has 2 N–H and O–H groups in total. The highest BCUT2D eigenvalue weighted by Gasteiger charge is 2.28. The third-order valence-electron chi connectivity index (χ3n) is 5.15. The second kappa shape index (κ2) is 6.91. The summed E-state index contributed by atoms with van der Waals surface area (Å²) < 4.78 is 0. The quantitative estimate of drug-likeness (QED) is 0.924. The smallest absolute Gasteiger partial charge is 0.0307 e. The zero-order chi connectivity index (χ0) is 14.7. The molecule has 0 saturated carbocycles. The van der Waals surface area contributed by atoms with Crippen LogP contribution in [0.15, 0.2) is 24.3 Å². The number of fused-ring (bicyclic) bond motifs is 1. The molecule has 1 aromatic rings. The molecule has 116 valence electrons. The summed E-state index contributed by atoms with van der Waals surface area (Å²) in [5.74, 6) is 0. The van der Waals surface area contributed by atoms with Crippen LogP contribution in [0.25, 0.3) is 0 Å². The highest BCUT2D eigenvalue weighted by atomic mass is 15.3. The first-order valence-electron chi connectivity index (χ1n) is 8.51. The van der Waals surface area contributed by atoms with Crippen molar-refractivity contribution in [3.05, 3.63) is 35.4 Å². The number of aryl methyl sites for hydroxylation is 1. The van der Waals surface area contributed by atoms with Crippen molar-refractivity contribution < 1.29 is 0 Å². The first-order valence-corrected chi connectivity index (χ1v) is 8.51. The van der Waals surface area contributed by atoms with Gasteiger partial charge in [0.05, 0.1) is 0 Å². The van der Waals surface area contributed by atoms with Gasteiger partial charge >= 0.3 is 0 Å². The van der Waals surface area contributed by atoms with Crippen LogP contribution in [0.1, 0.15) is 42.9 Å². The van der Waals surface area contributed by atoms with Gasteiger partial charge < -0.3 is 10.6 Å². The molecule has 0 spiro atoms. The molecule has 3 rings (SSSR count). The Morgan fingerprint density at radius 3 is 3.00 bits per heavy atom. The van der Waals surface area contributed by atoms with Crippen molar-refractivity contribution in [3.8, 4) is 0 Å². The number of piperazine rings is 1. The molecule has 0 aliphatic carbocycles. The lowest BCUT2D eigenvalue weighted by atomic mass is 9.98. The van der Waals surface area contributed by atoms with Crippen molar-refractivity contribution in [1.29, 1.82) is 0 Å². The molecule has 0 radical (unpaired) electrons. The number of rotatable bonds is 4. The van der Waals surface area contributed by atoms with E-state index < -0.39 is 0 Å². The van der Waals surface area contributed by atoms with E-state index in [9.17, 15) is 0 Å². The standard InChI is InChI=1S/C18H29N3/c1-15-5-4-6-16(13-15)18(19)8-10-20-11-12-21-9-3-2-7-17(21)14-20/h4-6,13,17-18H,2-3,7-12,14,19H2,1H3. The summed E-state index contributed by atoms with van der Waals surface area (Å²) >= 11 is 0. The molecule has 2 unspecified atom stereocenters. The maximum absolute atomic E-state index is 6.38. The van der Waals surface area contributed by atoms with E-state index >= 15 is 0 Å². The predicted molar refractivity (Wildman–Crippen MR) is 88.4 cm³/mol. The largest absolute Gasteiger partial charge is 0.324 e. The number of piperidine rings is 1. The monoisotopic (exact) mass is 287 g/mol. The number of nitrogens with two attached hydrogens (primary N) is 1. The summed E-state index contributed by atoms with van der Waals surface area (Å²) in [5, 5.41) is 0. The van der Waals surface area contributed by atoms with Gasteiger partial charge in [-0.25, -0.2) is 0 Å². The third kappa shape index (κ3) is 3.85. The van der Waals surface area contributed by atoms with Crippen LogP contribution in [0, 0.1) is 6.92 Å². The van der Waals surface area contributed by atoms with Crippen LogP contribution < -0.4 is 5.73 Å². The van der Waals surface area contributed by atoms with Gasteiger partial charge in [0.2, 0.25) is 0 Å². The Hall–Kier alpha value is -0.900. The summed E-state index contributed by atoms with van der Waals surface area (Å²) in [6.07, 6.45) is 5.27. The molecule has 0 bridgehead atoms. The Morgan fingerprint density at radius 1 is 1.24 bits per heavy atom. The van der Waals surface area contributed by atoms with Crippen LogP contribution in [-0.4, -0.2) is 48.6 Å². The minimum Gasteiger partial charge on any atom is -0.324 e. The van der Waals surface area contributed by atoms with Gasteiger partial charge in [-0.3, -0.25) is 4.90 Å². The van der Waals surface area contributed by atoms with E-state index in [0.717, 1.165) is 19.0 Å². The number of benzene rings is 1. The zero-order valence-electron chi connectivity index (χ0n) is 13.3. The lowest BCUT2D eigenvalue weighted by Gasteiger charge is -2.44. The van der Waals surface area contributed by atoms with Gasteiger partial charge in [0.1, 0.15) is 0 Å². The molecule has 0 amide bonds. The zero-order valence-corrected chi connectivity index (χ0v) is 13.3. The summed E-state index contributed by atoms with van der Waals surface area (Å²) in [5.41, 5.74) is 8.96. The normalized spacial score (nSPS) is 25.5. The number of hydrogen-bond acceptors (Lipinski definition) is 3. The molecule has 21 heavy (non-hydrogen) atoms. The lowest BCUT2D eigenvalue weighted by molar-refractivity contribution is 0.0481. The van der Waals surface area contributed by atoms with E-state index in [1.54, 1.807) is 0 Å². The Kier molecular flexibility index (Phi) is 4.94. The van der Waals surface area contributed by atoms with E-state index in [1.807, 2.05) is 0 Å². The molecule has 2 atom stereocenters. The number of nitrogens with zero attached hydrogens (tertiary/aromatic N) is 2. The highest BCUT2D eigenvalue weighted by Crippen LogP contribution is 2.22. The molecule has 1 aromatic carbocycles. The second-order valence-electron chi connectivity index (χ2n) is 6.80. The molecule has 2 saturated heterocycles. The van der Waals surface area contributed by atoms with Crippen LogP contribution in [-0.2, 0) is 0 Å². The molecule has 2 heterocycles. The highest BCUT2D eigenvalue weighted by molar-refractivity contribution is 5.24. The fourth-order valence-electron chi connectivity index (χ4n) is 3.81. The minimum atomic E-state index is 0.175. The van der Waals surface area contributed by atoms with Crippen molar-refractivity contribution >= 4 is 0 Å². The Morgan fingerprint density at radius 2 is 2.14 bits per heavy atom. The summed E-state index contributed by atoms with van der Waals surface area (Å²) in [6.45, 7) is 8.32. The van der Waals surface area contributed by atoms with Crippen LogP contribution in [0.4, 0.5) is 0 Å². The van der Waals surface area contributed by atoms with Gasteiger partial charge in [-0.15, -0.1) is 0 Å². The minimum absolute atomic E-state index is 0.175. The molecule has 2 fully saturated rings. The van der Waals surface area contributed by atoms with E-state index in [1.165, 1.54) is 56.6 Å². The first kappa shape index (κ1) is 15.0. The molecule has 3 nitrogen and oxygen atoms in total. The van der Waals surface area contributed by atoms with Crippen LogP contribution in [0.2, 0.25) is 0 Å². The van der Waals surface area contributed by atoms with Crippen LogP contribution in [0.5, 0.6) is 0 Å². The van der Waals surface area contributed by atoms with Crippen LogP contribution in [0.3, 0.4) is 0 Å². The molecule has 0 aromatic heterocycles. The third-order valence-corrected chi connectivity index (χ3v) is 5.15. The van der Waals surface area contributed by atoms with E-state index in [0.29, 0.717) is 0 Å². The first-order chi connectivity index (χ1) is 10.2. The summed E-state index contributed by atoms with van der Waals surface area (Å²) in [4.78, 5) is 5.32. The van der Waals surface area contributed by atoms with Gasteiger partial charge in [-0.2, -0.15) is 0 Å². The van der Waals surface area contributed by atoms with Crippen LogP contribution >= 0.6 is 0 Å². The summed E-state index contributed by atoms with van der Waals surface area (Å²) in [7, 11) is 0. The van der Waals surface area contributed by atoms with Crippen molar-refractivity contribution in [1.82, 2.24) is 9.80 Å². The Balaban J connectivity index is 1.49. The van der Waals surface area contributed by atoms with Gasteiger partial charge in [0.15, 0.2) is 0 Å². The maximum atomic E-state index is 6.38. The van der Waals surface area contributed by atoms with Crippen molar-refractivity contribution in [2.75, 3.05) is 32.7 Å². The average Bonchev–Trinajstić information content (AvgIpc) is 2.52. The van der Waals surface area contributed by atoms with Gasteiger partial charge in [-0.1, -0.05) is 36.2 Å². The van der Waals surface area contributed by atoms with Crippen molar-refractivity contribution in [2.45, 2.75) is 44.7 Å². The molecular formula is C18H29N3. The molecule has 2 aliphatic rings. The van der Waals surface area contributed by atoms with Gasteiger partial charge in [0, 0.05) is 38.3 Å². The molecule has 2 aliphatic heterocycles. The SMILES string of the molecule is Cc1cccc(C(N)CCN2CCN3CCCCC3C2)c1. The summed E-state index contributed by atoms with van der Waals surface area (Å²) in [6, 6.07) is 9.63. The fourth-order valence-corrected chi connectivity index (χ4v) is 3.81. The predicted octanol–water partition coefficient (Wildman–Crippen LogP) is 2.56. The topological polar surface area (TPSA) is 32.5 Å². The van der Waals surface area contributed by atoms with E-state index in [4.69, 9.17) is 5.73 Å².